The van der Waals surface area contributed by atoms with Crippen LogP contribution in [0, 0.1) is 5.92 Å². The number of carboxylic acids is 1. The second kappa shape index (κ2) is 23.3. The second-order valence-electron chi connectivity index (χ2n) is 15.9. The Morgan fingerprint density at radius 1 is 0.857 bits per heavy atom. The summed E-state index contributed by atoms with van der Waals surface area (Å²) in [6.45, 7) is 6.93. The lowest BCUT2D eigenvalue weighted by molar-refractivity contribution is -0.145. The fraction of sp³-hybridized carbons (Fsp3) is 0.457. The van der Waals surface area contributed by atoms with Gasteiger partial charge in [-0.05, 0) is 59.4 Å². The van der Waals surface area contributed by atoms with Crippen molar-refractivity contribution in [2.75, 3.05) is 31.2 Å². The Morgan fingerprint density at radius 2 is 1.51 bits per heavy atom. The molecule has 2 saturated heterocycles. The molecule has 5 amide bonds. The van der Waals surface area contributed by atoms with Crippen LogP contribution in [0.4, 0.5) is 4.79 Å². The van der Waals surface area contributed by atoms with Crippen molar-refractivity contribution in [2.24, 2.45) is 5.92 Å². The third kappa shape index (κ3) is 13.6. The summed E-state index contributed by atoms with van der Waals surface area (Å²) in [4.78, 5) is 95.3. The van der Waals surface area contributed by atoms with E-state index in [1.165, 1.54) is 17.0 Å². The smallest absolute Gasteiger partial charge is 0.407 e. The summed E-state index contributed by atoms with van der Waals surface area (Å²) in [6, 6.07) is 20.5. The first-order valence-electron chi connectivity index (χ1n) is 21.2. The normalized spacial score (nSPS) is 17.5. The van der Waals surface area contributed by atoms with Crippen LogP contribution in [0.2, 0.25) is 0 Å². The van der Waals surface area contributed by atoms with Gasteiger partial charge < -0.3 is 40.7 Å². The minimum atomic E-state index is -1.38. The summed E-state index contributed by atoms with van der Waals surface area (Å²) < 4.78 is 11.3. The van der Waals surface area contributed by atoms with Crippen LogP contribution < -0.4 is 21.3 Å². The van der Waals surface area contributed by atoms with Gasteiger partial charge in [-0.3, -0.25) is 24.0 Å². The molecule has 0 radical (unpaired) electrons. The topological polar surface area (TPSA) is 210 Å². The Labute approximate surface area is 376 Å². The van der Waals surface area contributed by atoms with E-state index >= 15 is 0 Å². The highest BCUT2D eigenvalue weighted by Crippen LogP contribution is 2.50. The van der Waals surface area contributed by atoms with Crippen molar-refractivity contribution < 1.29 is 48.1 Å². The number of Topliss-reactive ketones (excluding diaryl/α,β-unsaturated/α-hetero) is 1. The van der Waals surface area contributed by atoms with E-state index in [1.54, 1.807) is 55.6 Å². The number of ketones is 1. The zero-order valence-corrected chi connectivity index (χ0v) is 37.6. The van der Waals surface area contributed by atoms with Crippen LogP contribution in [0.5, 0.6) is 0 Å². The van der Waals surface area contributed by atoms with Gasteiger partial charge in [-0.2, -0.15) is 0 Å². The number of carbonyl (C=O) groups excluding carboxylic acids is 6. The summed E-state index contributed by atoms with van der Waals surface area (Å²) in [5.74, 6) is -3.86. The number of thioether (sulfide) groups is 2. The molecule has 17 heteroatoms. The fourth-order valence-electron chi connectivity index (χ4n) is 7.34. The van der Waals surface area contributed by atoms with Gasteiger partial charge in [0.05, 0.1) is 36.0 Å². The molecule has 2 aliphatic rings. The molecule has 2 fully saturated rings. The van der Waals surface area contributed by atoms with Gasteiger partial charge in [0, 0.05) is 13.0 Å². The number of rotatable bonds is 20. The third-order valence-corrected chi connectivity index (χ3v) is 13.9. The van der Waals surface area contributed by atoms with Crippen molar-refractivity contribution in [3.63, 3.8) is 0 Å². The molecule has 0 bridgehead atoms. The number of aliphatic carboxylic acids is 1. The number of amides is 5. The summed E-state index contributed by atoms with van der Waals surface area (Å²) in [5.41, 5.74) is 3.12. The highest BCUT2D eigenvalue weighted by atomic mass is 32.2. The van der Waals surface area contributed by atoms with E-state index in [0.29, 0.717) is 12.0 Å². The summed E-state index contributed by atoms with van der Waals surface area (Å²) >= 11 is 3.32. The van der Waals surface area contributed by atoms with Crippen molar-refractivity contribution in [1.29, 1.82) is 0 Å². The molecule has 5 N–H and O–H groups in total. The molecule has 338 valence electrons. The van der Waals surface area contributed by atoms with Crippen molar-refractivity contribution in [1.82, 2.24) is 26.2 Å². The molecule has 0 aliphatic carbocycles. The van der Waals surface area contributed by atoms with Crippen LogP contribution in [0.3, 0.4) is 0 Å². The van der Waals surface area contributed by atoms with E-state index < -0.39 is 82.4 Å². The van der Waals surface area contributed by atoms with Crippen LogP contribution in [-0.2, 0) is 44.8 Å². The largest absolute Gasteiger partial charge is 0.479 e. The number of ether oxygens (including phenoxy) is 2. The summed E-state index contributed by atoms with van der Waals surface area (Å²) in [6.07, 6.45) is -0.0332. The highest BCUT2D eigenvalue weighted by molar-refractivity contribution is 8.18. The van der Waals surface area contributed by atoms with E-state index in [9.17, 15) is 38.7 Å². The predicted molar refractivity (Wildman–Crippen MR) is 241 cm³/mol. The quantitative estimate of drug-likeness (QED) is 0.0940. The van der Waals surface area contributed by atoms with Gasteiger partial charge in [0.2, 0.25) is 23.5 Å². The van der Waals surface area contributed by atoms with Gasteiger partial charge in [0.1, 0.15) is 12.1 Å². The van der Waals surface area contributed by atoms with Crippen LogP contribution in [0.25, 0.3) is 11.1 Å². The predicted octanol–water partition coefficient (Wildman–Crippen LogP) is 5.09. The molecule has 5 rings (SSSR count). The molecule has 0 saturated carbocycles. The van der Waals surface area contributed by atoms with Gasteiger partial charge in [-0.25, -0.2) is 9.59 Å². The molecule has 5 atom stereocenters. The fourth-order valence-corrected chi connectivity index (χ4v) is 10.7. The Hall–Kier alpha value is -5.39. The number of hydrogen-bond acceptors (Lipinski definition) is 11. The van der Waals surface area contributed by atoms with Crippen molar-refractivity contribution in [3.8, 4) is 11.1 Å². The van der Waals surface area contributed by atoms with Crippen LogP contribution in [-0.4, -0.2) is 111 Å². The summed E-state index contributed by atoms with van der Waals surface area (Å²) in [7, 11) is 0. The average Bonchev–Trinajstić information content (AvgIpc) is 3.66. The minimum Gasteiger partial charge on any atom is -0.479 e. The van der Waals surface area contributed by atoms with E-state index in [0.717, 1.165) is 34.6 Å². The van der Waals surface area contributed by atoms with Crippen LogP contribution in [0.1, 0.15) is 70.5 Å². The Balaban J connectivity index is 1.33. The maximum Gasteiger partial charge on any atom is 0.407 e. The maximum atomic E-state index is 14.9. The van der Waals surface area contributed by atoms with Crippen molar-refractivity contribution in [3.05, 3.63) is 96.1 Å². The number of nitrogens with one attached hydrogen (secondary N) is 4. The molecular formula is C46H57N5O10S2. The lowest BCUT2D eigenvalue weighted by Crippen LogP contribution is -2.59. The Bertz CT molecular complexity index is 2070. The van der Waals surface area contributed by atoms with Gasteiger partial charge in [0.15, 0.2) is 6.04 Å². The minimum absolute atomic E-state index is 0.0295. The van der Waals surface area contributed by atoms with Crippen molar-refractivity contribution >= 4 is 65.0 Å². The standard InChI is InChI=1S/C46H57N5O10S2/c1-5-15-35(40(53)42(55)47-25-37(52)49-39(44(57)58)32-18-10-7-11-19-32)48-41(54)36-24-46(62-22-14-23-63-46)28-51(36)43(56)38(50-45(59)61-26-29(2)3)30(4)60-27-33-20-12-13-21-34(33)31-16-8-6-9-17-31/h6-13,16-21,29-30,35-36,38-39H,5,14-15,22-28H2,1-4H3,(H,47,55)(H,48,54)(H,49,52)(H,50,59)(H,57,58)/t30-,35?,36+,38+,39+/m1/s1. The molecule has 1 spiro atoms. The number of alkyl carbamates (subject to hydrolysis) is 1. The van der Waals surface area contributed by atoms with E-state index in [-0.39, 0.29) is 38.5 Å². The molecule has 63 heavy (non-hydrogen) atoms. The SMILES string of the molecule is CCCC(NC(=O)[C@@H]1CC2(CN1C(=O)[C@@H](NC(=O)OCC(C)C)[C@@H](C)OCc1ccccc1-c1ccccc1)SCCCS2)C(=O)C(=O)NCC(=O)N[C@H](C(=O)O)c1ccccc1. The number of likely N-dealkylation sites (tertiary alicyclic amines) is 1. The average molecular weight is 904 g/mol. The van der Waals surface area contributed by atoms with Crippen molar-refractivity contribution in [2.45, 2.75) is 94.3 Å². The van der Waals surface area contributed by atoms with E-state index in [1.807, 2.05) is 68.4 Å². The maximum absolute atomic E-state index is 14.9. The molecule has 2 heterocycles. The summed E-state index contributed by atoms with van der Waals surface area (Å²) in [5, 5.41) is 19.7. The number of hydrogen-bond donors (Lipinski definition) is 5. The van der Waals surface area contributed by atoms with Gasteiger partial charge in [-0.15, -0.1) is 23.5 Å². The molecule has 2 aliphatic heterocycles. The first kappa shape index (κ1) is 48.6. The molecule has 0 aromatic heterocycles. The molecule has 1 unspecified atom stereocenters. The number of carbonyl (C=O) groups is 7. The van der Waals surface area contributed by atoms with Gasteiger partial charge >= 0.3 is 12.1 Å². The number of benzene rings is 3. The van der Waals surface area contributed by atoms with Gasteiger partial charge in [0.25, 0.3) is 5.91 Å². The van der Waals surface area contributed by atoms with Gasteiger partial charge in [-0.1, -0.05) is 112 Å². The number of carboxylic acid groups (broad SMARTS) is 1. The molecule has 3 aromatic rings. The monoisotopic (exact) mass is 903 g/mol. The third-order valence-electron chi connectivity index (χ3n) is 10.6. The Morgan fingerprint density at radius 3 is 2.16 bits per heavy atom. The zero-order chi connectivity index (χ0) is 45.5. The Kier molecular flexibility index (Phi) is 18.0. The second-order valence-corrected chi connectivity index (χ2v) is 19.2. The lowest BCUT2D eigenvalue weighted by atomic mass is 10.0. The molecule has 3 aromatic carbocycles. The first-order valence-corrected chi connectivity index (χ1v) is 23.1. The van der Waals surface area contributed by atoms with E-state index in [2.05, 4.69) is 21.3 Å². The highest BCUT2D eigenvalue weighted by Gasteiger charge is 2.52. The molecular weight excluding hydrogens is 847 g/mol. The zero-order valence-electron chi connectivity index (χ0n) is 36.0. The first-order chi connectivity index (χ1) is 30.2. The van der Waals surface area contributed by atoms with Crippen LogP contribution >= 0.6 is 23.5 Å². The van der Waals surface area contributed by atoms with E-state index in [4.69, 9.17) is 9.47 Å². The lowest BCUT2D eigenvalue weighted by Gasteiger charge is -2.33. The number of nitrogens with zero attached hydrogens (tertiary/aromatic N) is 1. The molecule has 15 nitrogen and oxygen atoms in total. The van der Waals surface area contributed by atoms with Crippen LogP contribution in [0.15, 0.2) is 84.9 Å².